The third kappa shape index (κ3) is 5.23. The number of carbonyl (C=O) groups is 2. The largest absolute Gasteiger partial charge is 0.493 e. The van der Waals surface area contributed by atoms with Crippen molar-refractivity contribution in [3.63, 3.8) is 0 Å². The lowest BCUT2D eigenvalue weighted by Gasteiger charge is -2.10. The van der Waals surface area contributed by atoms with Crippen LogP contribution >= 0.6 is 23.2 Å². The summed E-state index contributed by atoms with van der Waals surface area (Å²) in [5.41, 5.74) is 5.58. The molecule has 0 atom stereocenters. The van der Waals surface area contributed by atoms with Gasteiger partial charge >= 0.3 is 5.97 Å². The molecule has 1 aromatic heterocycles. The van der Waals surface area contributed by atoms with E-state index in [9.17, 15) is 9.59 Å². The van der Waals surface area contributed by atoms with Crippen LogP contribution in [0.25, 0.3) is 22.0 Å². The monoisotopic (exact) mass is 601 g/mol. The Morgan fingerprint density at radius 3 is 2.57 bits per heavy atom. The van der Waals surface area contributed by atoms with Crippen molar-refractivity contribution >= 4 is 52.2 Å². The van der Waals surface area contributed by atoms with E-state index in [0.717, 1.165) is 5.39 Å². The molecule has 2 N–H and O–H groups in total. The van der Waals surface area contributed by atoms with E-state index in [1.165, 1.54) is 13.3 Å². The predicted octanol–water partition coefficient (Wildman–Crippen LogP) is 6.86. The molecular weight excluding hydrogens is 581 g/mol. The predicted molar refractivity (Wildman–Crippen MR) is 159 cm³/mol. The number of nitrogens with one attached hydrogen (secondary N) is 2. The molecule has 0 saturated heterocycles. The number of benzene rings is 4. The van der Waals surface area contributed by atoms with Crippen molar-refractivity contribution in [2.24, 2.45) is 5.10 Å². The zero-order valence-electron chi connectivity index (χ0n) is 21.9. The zero-order valence-corrected chi connectivity index (χ0v) is 23.5. The number of ether oxygens (including phenoxy) is 4. The SMILES string of the molecule is COc1cc(C=NNC(=O)c2[nH]c3c(Cl)cccc3c2-c2ccccc2Cl)ccc1OC(=O)c1ccc2c(c1)OCO2. The van der Waals surface area contributed by atoms with Crippen LogP contribution in [0.4, 0.5) is 0 Å². The highest BCUT2D eigenvalue weighted by Crippen LogP contribution is 2.39. The third-order valence-electron chi connectivity index (χ3n) is 6.53. The molecule has 210 valence electrons. The molecule has 4 aromatic carbocycles. The Hall–Kier alpha value is -4.99. The van der Waals surface area contributed by atoms with Gasteiger partial charge in [0.2, 0.25) is 6.79 Å². The molecule has 2 heterocycles. The van der Waals surface area contributed by atoms with Crippen LogP contribution in [0, 0.1) is 0 Å². The molecule has 1 amide bonds. The van der Waals surface area contributed by atoms with E-state index < -0.39 is 11.9 Å². The number of amides is 1. The van der Waals surface area contributed by atoms with Crippen molar-refractivity contribution in [2.45, 2.75) is 0 Å². The number of halogens is 2. The molecule has 1 aliphatic rings. The number of nitrogens with zero attached hydrogens (tertiary/aromatic N) is 1. The van der Waals surface area contributed by atoms with Crippen LogP contribution in [0.15, 0.2) is 84.0 Å². The van der Waals surface area contributed by atoms with Crippen molar-refractivity contribution in [2.75, 3.05) is 13.9 Å². The molecular formula is C31H21Cl2N3O6. The number of aromatic amines is 1. The van der Waals surface area contributed by atoms with Gasteiger partial charge in [0.25, 0.3) is 5.91 Å². The molecule has 0 fully saturated rings. The van der Waals surface area contributed by atoms with Crippen molar-refractivity contribution in [3.8, 4) is 34.1 Å². The lowest BCUT2D eigenvalue weighted by Crippen LogP contribution is -2.19. The van der Waals surface area contributed by atoms with Gasteiger partial charge in [0.05, 0.1) is 29.4 Å². The molecule has 42 heavy (non-hydrogen) atoms. The maximum Gasteiger partial charge on any atom is 0.343 e. The number of hydrogen-bond acceptors (Lipinski definition) is 7. The van der Waals surface area contributed by atoms with Crippen LogP contribution in [-0.2, 0) is 0 Å². The Bertz CT molecular complexity index is 1880. The summed E-state index contributed by atoms with van der Waals surface area (Å²) >= 11 is 12.9. The molecule has 0 radical (unpaired) electrons. The highest BCUT2D eigenvalue weighted by atomic mass is 35.5. The highest BCUT2D eigenvalue weighted by Gasteiger charge is 2.22. The lowest BCUT2D eigenvalue weighted by atomic mass is 10.0. The van der Waals surface area contributed by atoms with E-state index in [2.05, 4.69) is 15.5 Å². The number of hydrogen-bond donors (Lipinski definition) is 2. The summed E-state index contributed by atoms with van der Waals surface area (Å²) in [5, 5.41) is 5.82. The number of para-hydroxylation sites is 1. The van der Waals surface area contributed by atoms with Crippen molar-refractivity contribution in [1.29, 1.82) is 0 Å². The van der Waals surface area contributed by atoms with Gasteiger partial charge in [0.15, 0.2) is 23.0 Å². The lowest BCUT2D eigenvalue weighted by molar-refractivity contribution is 0.0729. The number of H-pyrrole nitrogens is 1. The Kier molecular flexibility index (Phi) is 7.43. The Morgan fingerprint density at radius 2 is 1.74 bits per heavy atom. The number of hydrazone groups is 1. The molecule has 0 bridgehead atoms. The van der Waals surface area contributed by atoms with Gasteiger partial charge < -0.3 is 23.9 Å². The Balaban J connectivity index is 1.21. The maximum absolute atomic E-state index is 13.3. The minimum atomic E-state index is -0.590. The Labute approximate surface area is 249 Å². The summed E-state index contributed by atoms with van der Waals surface area (Å²) in [5.74, 6) is 0.460. The molecule has 6 rings (SSSR count). The maximum atomic E-state index is 13.3. The first-order chi connectivity index (χ1) is 20.4. The van der Waals surface area contributed by atoms with Crippen LogP contribution in [0.3, 0.4) is 0 Å². The van der Waals surface area contributed by atoms with Crippen LogP contribution in [0.1, 0.15) is 26.4 Å². The summed E-state index contributed by atoms with van der Waals surface area (Å²) < 4.78 is 21.6. The topological polar surface area (TPSA) is 111 Å². The van der Waals surface area contributed by atoms with Crippen molar-refractivity contribution in [1.82, 2.24) is 10.4 Å². The number of fused-ring (bicyclic) bond motifs is 2. The first-order valence-corrected chi connectivity index (χ1v) is 13.4. The van der Waals surface area contributed by atoms with Gasteiger partial charge in [-0.05, 0) is 54.1 Å². The normalized spacial score (nSPS) is 12.1. The number of aromatic nitrogens is 1. The van der Waals surface area contributed by atoms with E-state index in [1.807, 2.05) is 30.3 Å². The summed E-state index contributed by atoms with van der Waals surface area (Å²) in [6.45, 7) is 0.101. The van der Waals surface area contributed by atoms with E-state index in [-0.39, 0.29) is 18.2 Å². The molecule has 11 heteroatoms. The van der Waals surface area contributed by atoms with Crippen LogP contribution in [0.5, 0.6) is 23.0 Å². The standard InChI is InChI=1S/C31H21Cl2N3O6/c1-39-25-13-17(9-11-24(25)42-31(38)18-10-12-23-26(14-18)41-16-40-23)15-34-36-30(37)29-27(19-5-2-3-7-21(19)32)20-6-4-8-22(33)28(20)35-29/h2-15,35H,16H2,1H3,(H,36,37). The molecule has 0 spiro atoms. The molecule has 1 aliphatic heterocycles. The van der Waals surface area contributed by atoms with E-state index >= 15 is 0 Å². The summed E-state index contributed by atoms with van der Waals surface area (Å²) in [6.07, 6.45) is 1.44. The first kappa shape index (κ1) is 27.2. The van der Waals surface area contributed by atoms with Gasteiger partial charge in [0.1, 0.15) is 5.69 Å². The first-order valence-electron chi connectivity index (χ1n) is 12.6. The van der Waals surface area contributed by atoms with Gasteiger partial charge in [-0.3, -0.25) is 4.79 Å². The average Bonchev–Trinajstić information content (AvgIpc) is 3.63. The molecule has 9 nitrogen and oxygen atoms in total. The Morgan fingerprint density at radius 1 is 0.929 bits per heavy atom. The van der Waals surface area contributed by atoms with Crippen LogP contribution < -0.4 is 24.4 Å². The number of esters is 1. The number of carbonyl (C=O) groups excluding carboxylic acids is 2. The van der Waals surface area contributed by atoms with Crippen molar-refractivity contribution < 1.29 is 28.5 Å². The smallest absolute Gasteiger partial charge is 0.343 e. The number of methoxy groups -OCH3 is 1. The minimum absolute atomic E-state index is 0.101. The minimum Gasteiger partial charge on any atom is -0.493 e. The quantitative estimate of drug-likeness (QED) is 0.0912. The van der Waals surface area contributed by atoms with Gasteiger partial charge in [-0.15, -0.1) is 0 Å². The van der Waals surface area contributed by atoms with E-state index in [4.69, 9.17) is 42.1 Å². The van der Waals surface area contributed by atoms with Gasteiger partial charge in [-0.2, -0.15) is 5.10 Å². The second-order valence-electron chi connectivity index (χ2n) is 9.08. The van der Waals surface area contributed by atoms with E-state index in [1.54, 1.807) is 48.5 Å². The zero-order chi connectivity index (χ0) is 29.2. The number of rotatable bonds is 7. The highest BCUT2D eigenvalue weighted by molar-refractivity contribution is 6.37. The second kappa shape index (κ2) is 11.5. The van der Waals surface area contributed by atoms with Gasteiger partial charge in [-0.25, -0.2) is 10.2 Å². The fourth-order valence-electron chi connectivity index (χ4n) is 4.55. The molecule has 0 aliphatic carbocycles. The van der Waals surface area contributed by atoms with E-state index in [0.29, 0.717) is 55.1 Å². The molecule has 0 unspecified atom stereocenters. The summed E-state index contributed by atoms with van der Waals surface area (Å²) in [6, 6.07) is 22.3. The molecule has 5 aromatic rings. The van der Waals surface area contributed by atoms with Gasteiger partial charge in [-0.1, -0.05) is 53.5 Å². The summed E-state index contributed by atoms with van der Waals surface area (Å²) in [7, 11) is 1.45. The second-order valence-corrected chi connectivity index (χ2v) is 9.90. The molecule has 0 saturated carbocycles. The van der Waals surface area contributed by atoms with Crippen molar-refractivity contribution in [3.05, 3.63) is 106 Å². The fourth-order valence-corrected chi connectivity index (χ4v) is 5.00. The fraction of sp³-hybridized carbons (Fsp3) is 0.0645. The third-order valence-corrected chi connectivity index (χ3v) is 7.18. The van der Waals surface area contributed by atoms with Crippen LogP contribution in [-0.4, -0.2) is 37.0 Å². The summed E-state index contributed by atoms with van der Waals surface area (Å²) in [4.78, 5) is 29.1. The van der Waals surface area contributed by atoms with Gasteiger partial charge in [0, 0.05) is 21.5 Å². The van der Waals surface area contributed by atoms with Crippen LogP contribution in [0.2, 0.25) is 10.0 Å². The average molecular weight is 602 g/mol.